The molecule has 0 aliphatic carbocycles. The van der Waals surface area contributed by atoms with Crippen molar-refractivity contribution in [3.8, 4) is 0 Å². The van der Waals surface area contributed by atoms with Crippen LogP contribution in [0.15, 0.2) is 36.0 Å². The maximum Gasteiger partial charge on any atom is 0.408 e. The van der Waals surface area contributed by atoms with Crippen molar-refractivity contribution in [1.82, 2.24) is 5.32 Å². The van der Waals surface area contributed by atoms with Crippen molar-refractivity contribution >= 4 is 41.5 Å². The van der Waals surface area contributed by atoms with Gasteiger partial charge in [-0.2, -0.15) is 0 Å². The van der Waals surface area contributed by atoms with Crippen LogP contribution >= 0.6 is 23.2 Å². The monoisotopic (exact) mass is 430 g/mol. The molecule has 7 nitrogen and oxygen atoms in total. The third-order valence-electron chi connectivity index (χ3n) is 3.06. The van der Waals surface area contributed by atoms with E-state index in [0.717, 1.165) is 0 Å². The Morgan fingerprint density at radius 2 is 1.96 bits per heavy atom. The van der Waals surface area contributed by atoms with E-state index in [9.17, 15) is 9.59 Å². The van der Waals surface area contributed by atoms with Crippen LogP contribution in [-0.2, 0) is 25.7 Å². The van der Waals surface area contributed by atoms with E-state index < -0.39 is 17.7 Å². The molecule has 0 spiro atoms. The second-order valence-electron chi connectivity index (χ2n) is 6.65. The molecule has 1 unspecified atom stereocenters. The summed E-state index contributed by atoms with van der Waals surface area (Å²) >= 11 is 12.2. The van der Waals surface area contributed by atoms with Crippen molar-refractivity contribution in [3.63, 3.8) is 0 Å². The Hall–Kier alpha value is -2.25. The average molecular weight is 431 g/mol. The van der Waals surface area contributed by atoms with Crippen LogP contribution in [0.3, 0.4) is 0 Å². The number of hydrogen-bond donors (Lipinski definition) is 1. The molecule has 0 heterocycles. The predicted octanol–water partition coefficient (Wildman–Crippen LogP) is 4.51. The quantitative estimate of drug-likeness (QED) is 0.204. The van der Waals surface area contributed by atoms with E-state index in [4.69, 9.17) is 37.5 Å². The Kier molecular flexibility index (Phi) is 9.82. The molecule has 1 rings (SSSR count). The molecule has 9 heteroatoms. The van der Waals surface area contributed by atoms with Gasteiger partial charge in [-0.1, -0.05) is 47.1 Å². The van der Waals surface area contributed by atoms with E-state index >= 15 is 0 Å². The highest BCUT2D eigenvalue weighted by molar-refractivity contribution is 6.35. The van der Waals surface area contributed by atoms with Gasteiger partial charge in [0, 0.05) is 15.6 Å². The molecule has 0 aromatic heterocycles. The number of nitrogens with zero attached hydrogens (tertiary/aromatic N) is 1. The van der Waals surface area contributed by atoms with Crippen LogP contribution in [0.5, 0.6) is 0 Å². The normalized spacial score (nSPS) is 12.7. The van der Waals surface area contributed by atoms with E-state index in [2.05, 4.69) is 17.1 Å². The van der Waals surface area contributed by atoms with E-state index in [0.29, 0.717) is 21.9 Å². The number of carbonyl (C=O) groups excluding carboxylic acids is 2. The molecule has 0 bridgehead atoms. The third-order valence-corrected chi connectivity index (χ3v) is 3.76. The lowest BCUT2D eigenvalue weighted by atomic mass is 10.2. The standard InChI is InChI=1S/C19H24Cl2N2O5/c1-5-9-26-18(25)22-13(11-24)10-17(28-19(2,3)4)23-27-12-14-15(20)7-6-8-16(14)21/h5-8,11,13H,1,9-10,12H2,2-4H3,(H,22,25). The zero-order valence-electron chi connectivity index (χ0n) is 16.0. The maximum absolute atomic E-state index is 11.6. The lowest BCUT2D eigenvalue weighted by Crippen LogP contribution is -2.39. The topological polar surface area (TPSA) is 86.2 Å². The second-order valence-corrected chi connectivity index (χ2v) is 7.47. The van der Waals surface area contributed by atoms with Gasteiger partial charge < -0.3 is 24.4 Å². The van der Waals surface area contributed by atoms with Gasteiger partial charge >= 0.3 is 6.09 Å². The molecule has 154 valence electrons. The third kappa shape index (κ3) is 9.10. The zero-order chi connectivity index (χ0) is 21.2. The van der Waals surface area contributed by atoms with Gasteiger partial charge in [-0.3, -0.25) is 0 Å². The minimum atomic E-state index is -0.911. The molecule has 0 saturated carbocycles. The van der Waals surface area contributed by atoms with Gasteiger partial charge in [-0.25, -0.2) is 4.79 Å². The van der Waals surface area contributed by atoms with Gasteiger partial charge in [-0.05, 0) is 32.9 Å². The smallest absolute Gasteiger partial charge is 0.408 e. The van der Waals surface area contributed by atoms with E-state index in [1.54, 1.807) is 18.2 Å². The summed E-state index contributed by atoms with van der Waals surface area (Å²) in [5, 5.41) is 7.25. The summed E-state index contributed by atoms with van der Waals surface area (Å²) in [6.07, 6.45) is 1.19. The van der Waals surface area contributed by atoms with Crippen LogP contribution < -0.4 is 5.32 Å². The van der Waals surface area contributed by atoms with Crippen LogP contribution in [0.25, 0.3) is 0 Å². The van der Waals surface area contributed by atoms with Gasteiger partial charge in [0.25, 0.3) is 0 Å². The number of aldehydes is 1. The number of hydrogen-bond acceptors (Lipinski definition) is 6. The zero-order valence-corrected chi connectivity index (χ0v) is 17.5. The van der Waals surface area contributed by atoms with Gasteiger partial charge in [0.2, 0.25) is 5.90 Å². The Morgan fingerprint density at radius 3 is 2.50 bits per heavy atom. The fraction of sp³-hybridized carbons (Fsp3) is 0.421. The minimum absolute atomic E-state index is 0.00999. The van der Waals surface area contributed by atoms with E-state index in [1.807, 2.05) is 20.8 Å². The number of rotatable bonds is 9. The van der Waals surface area contributed by atoms with Gasteiger partial charge in [-0.15, -0.1) is 0 Å². The molecule has 1 aromatic carbocycles. The summed E-state index contributed by atoms with van der Waals surface area (Å²) in [6, 6.07) is 4.18. The first kappa shape index (κ1) is 23.8. The lowest BCUT2D eigenvalue weighted by molar-refractivity contribution is -0.109. The molecule has 1 amide bonds. The number of ether oxygens (including phenoxy) is 2. The predicted molar refractivity (Wildman–Crippen MR) is 109 cm³/mol. The van der Waals surface area contributed by atoms with Crippen molar-refractivity contribution < 1.29 is 23.9 Å². The van der Waals surface area contributed by atoms with Gasteiger partial charge in [0.15, 0.2) is 0 Å². The largest absolute Gasteiger partial charge is 0.473 e. The molecule has 28 heavy (non-hydrogen) atoms. The van der Waals surface area contributed by atoms with Crippen LogP contribution in [0, 0.1) is 0 Å². The summed E-state index contributed by atoms with van der Waals surface area (Å²) in [6.45, 7) is 8.92. The molecule has 0 radical (unpaired) electrons. The van der Waals surface area contributed by atoms with Crippen molar-refractivity contribution in [2.24, 2.45) is 5.16 Å². The minimum Gasteiger partial charge on any atom is -0.473 e. The number of oxime groups is 1. The molecule has 0 saturated heterocycles. The number of halogens is 2. The summed E-state index contributed by atoms with van der Waals surface area (Å²) in [4.78, 5) is 28.3. The first-order chi connectivity index (χ1) is 13.2. The van der Waals surface area contributed by atoms with Crippen LogP contribution in [0.2, 0.25) is 10.0 Å². The maximum atomic E-state index is 11.6. The van der Waals surface area contributed by atoms with Crippen LogP contribution in [0.4, 0.5) is 4.79 Å². The Labute approximate surface area is 174 Å². The van der Waals surface area contributed by atoms with Crippen molar-refractivity contribution in [2.45, 2.75) is 45.4 Å². The Balaban J connectivity index is 2.83. The summed E-state index contributed by atoms with van der Waals surface area (Å²) in [5.41, 5.74) is -0.0242. The van der Waals surface area contributed by atoms with Gasteiger partial charge in [0.1, 0.15) is 25.1 Å². The van der Waals surface area contributed by atoms with Crippen LogP contribution in [0.1, 0.15) is 32.8 Å². The summed E-state index contributed by atoms with van der Waals surface area (Å²) < 4.78 is 10.5. The molecule has 1 atom stereocenters. The van der Waals surface area contributed by atoms with Crippen molar-refractivity contribution in [3.05, 3.63) is 46.5 Å². The summed E-state index contributed by atoms with van der Waals surface area (Å²) in [7, 11) is 0. The SMILES string of the molecule is C=CCOC(=O)NC(C=O)CC(=NOCc1c(Cl)cccc1Cl)OC(C)(C)C. The highest BCUT2D eigenvalue weighted by Gasteiger charge is 2.21. The van der Waals surface area contributed by atoms with Crippen molar-refractivity contribution in [1.29, 1.82) is 0 Å². The number of nitrogens with one attached hydrogen (secondary N) is 1. The summed E-state index contributed by atoms with van der Waals surface area (Å²) in [5.74, 6) is 0.122. The first-order valence-electron chi connectivity index (χ1n) is 8.46. The molecule has 1 aromatic rings. The molecular weight excluding hydrogens is 407 g/mol. The fourth-order valence-electron chi connectivity index (χ4n) is 1.94. The van der Waals surface area contributed by atoms with Crippen LogP contribution in [-0.4, -0.2) is 36.5 Å². The number of alkyl carbamates (subject to hydrolysis) is 1. The molecular formula is C19H24Cl2N2O5. The molecule has 0 aliphatic rings. The Morgan fingerprint density at radius 1 is 1.32 bits per heavy atom. The average Bonchev–Trinajstić information content (AvgIpc) is 2.60. The molecule has 1 N–H and O–H groups in total. The first-order valence-corrected chi connectivity index (χ1v) is 9.22. The number of amides is 1. The fourth-order valence-corrected chi connectivity index (χ4v) is 2.45. The molecule has 0 fully saturated rings. The van der Waals surface area contributed by atoms with Crippen molar-refractivity contribution in [2.75, 3.05) is 6.61 Å². The van der Waals surface area contributed by atoms with E-state index in [-0.39, 0.29) is 25.5 Å². The molecule has 0 aliphatic heterocycles. The van der Waals surface area contributed by atoms with Gasteiger partial charge in [0.05, 0.1) is 12.5 Å². The lowest BCUT2D eigenvalue weighted by Gasteiger charge is -2.23. The Bertz CT molecular complexity index is 697. The number of carbonyl (C=O) groups is 2. The highest BCUT2D eigenvalue weighted by Crippen LogP contribution is 2.25. The number of benzene rings is 1. The highest BCUT2D eigenvalue weighted by atomic mass is 35.5. The van der Waals surface area contributed by atoms with E-state index in [1.165, 1.54) is 6.08 Å². The second kappa shape index (κ2) is 11.6.